The number of benzene rings is 1. The van der Waals surface area contributed by atoms with Crippen molar-refractivity contribution in [2.45, 2.75) is 4.90 Å². The van der Waals surface area contributed by atoms with Crippen LogP contribution in [0.3, 0.4) is 0 Å². The standard InChI is InChI=1S/C17H19N3O5S/c1-24-15-3-2-14(19-17(21)13-4-6-18-7-5-13)12-16(15)26(22,23)20-8-10-25-11-9-20/h2-7,12H,8-11H2,1H3,(H,19,21). The SMILES string of the molecule is COc1ccc(NC(=O)c2ccncc2)cc1S(=O)(=O)N1CCOCC1. The molecule has 9 heteroatoms. The van der Waals surface area contributed by atoms with Crippen molar-refractivity contribution in [2.24, 2.45) is 0 Å². The fourth-order valence-electron chi connectivity index (χ4n) is 2.59. The second kappa shape index (κ2) is 7.81. The normalized spacial score (nSPS) is 15.4. The Morgan fingerprint density at radius 3 is 2.54 bits per heavy atom. The van der Waals surface area contributed by atoms with Crippen LogP contribution in [0.25, 0.3) is 0 Å². The second-order valence-corrected chi connectivity index (χ2v) is 7.48. The van der Waals surface area contributed by atoms with Gasteiger partial charge in [0.05, 0.1) is 20.3 Å². The van der Waals surface area contributed by atoms with Crippen molar-refractivity contribution in [2.75, 3.05) is 38.7 Å². The number of nitrogens with zero attached hydrogens (tertiary/aromatic N) is 2. The Balaban J connectivity index is 1.90. The average molecular weight is 377 g/mol. The highest BCUT2D eigenvalue weighted by atomic mass is 32.2. The van der Waals surface area contributed by atoms with Gasteiger partial charge in [0.15, 0.2) is 0 Å². The van der Waals surface area contributed by atoms with E-state index in [1.54, 1.807) is 18.2 Å². The van der Waals surface area contributed by atoms with Gasteiger partial charge >= 0.3 is 0 Å². The Kier molecular flexibility index (Phi) is 5.50. The second-order valence-electron chi connectivity index (χ2n) is 5.57. The number of pyridine rings is 1. The fraction of sp³-hybridized carbons (Fsp3) is 0.294. The number of anilines is 1. The third-order valence-electron chi connectivity index (χ3n) is 3.95. The van der Waals surface area contributed by atoms with Gasteiger partial charge in [-0.3, -0.25) is 9.78 Å². The molecule has 0 unspecified atom stereocenters. The van der Waals surface area contributed by atoms with Gasteiger partial charge in [-0.1, -0.05) is 0 Å². The zero-order chi connectivity index (χ0) is 18.6. The number of aromatic nitrogens is 1. The summed E-state index contributed by atoms with van der Waals surface area (Å²) in [5.74, 6) is -0.134. The summed E-state index contributed by atoms with van der Waals surface area (Å²) in [6, 6.07) is 7.67. The number of ether oxygens (including phenoxy) is 2. The smallest absolute Gasteiger partial charge is 0.255 e. The Morgan fingerprint density at radius 1 is 1.19 bits per heavy atom. The summed E-state index contributed by atoms with van der Waals surface area (Å²) in [6.07, 6.45) is 3.02. The van der Waals surface area contributed by atoms with Crippen molar-refractivity contribution < 1.29 is 22.7 Å². The quantitative estimate of drug-likeness (QED) is 0.845. The lowest BCUT2D eigenvalue weighted by Crippen LogP contribution is -2.40. The lowest BCUT2D eigenvalue weighted by Gasteiger charge is -2.26. The van der Waals surface area contributed by atoms with Gasteiger partial charge in [0.25, 0.3) is 5.91 Å². The van der Waals surface area contributed by atoms with Gasteiger partial charge < -0.3 is 14.8 Å². The topological polar surface area (TPSA) is 97.8 Å². The molecule has 26 heavy (non-hydrogen) atoms. The summed E-state index contributed by atoms with van der Waals surface area (Å²) in [5.41, 5.74) is 0.785. The summed E-state index contributed by atoms with van der Waals surface area (Å²) < 4.78 is 37.7. The minimum atomic E-state index is -3.76. The summed E-state index contributed by atoms with van der Waals surface area (Å²) in [4.78, 5) is 16.2. The number of methoxy groups -OCH3 is 1. The lowest BCUT2D eigenvalue weighted by molar-refractivity contribution is 0.0729. The van der Waals surface area contributed by atoms with Crippen LogP contribution in [-0.2, 0) is 14.8 Å². The molecule has 1 aliphatic rings. The van der Waals surface area contributed by atoms with Crippen LogP contribution < -0.4 is 10.1 Å². The molecule has 1 amide bonds. The van der Waals surface area contributed by atoms with Gasteiger partial charge in [0, 0.05) is 36.7 Å². The number of sulfonamides is 1. The van der Waals surface area contributed by atoms with E-state index in [0.29, 0.717) is 24.5 Å². The number of hydrogen-bond acceptors (Lipinski definition) is 6. The van der Waals surface area contributed by atoms with Crippen LogP contribution in [0, 0.1) is 0 Å². The fourth-order valence-corrected chi connectivity index (χ4v) is 4.18. The molecule has 1 N–H and O–H groups in total. The zero-order valence-electron chi connectivity index (χ0n) is 14.2. The van der Waals surface area contributed by atoms with E-state index in [9.17, 15) is 13.2 Å². The number of carbonyl (C=O) groups is 1. The number of morpholine rings is 1. The molecule has 0 saturated carbocycles. The van der Waals surface area contributed by atoms with Crippen molar-refractivity contribution in [3.63, 3.8) is 0 Å². The third-order valence-corrected chi connectivity index (χ3v) is 5.87. The summed E-state index contributed by atoms with van der Waals surface area (Å²) >= 11 is 0. The van der Waals surface area contributed by atoms with E-state index in [4.69, 9.17) is 9.47 Å². The third kappa shape index (κ3) is 3.85. The first kappa shape index (κ1) is 18.3. The summed E-state index contributed by atoms with van der Waals surface area (Å²) in [6.45, 7) is 1.25. The minimum Gasteiger partial charge on any atom is -0.495 e. The van der Waals surface area contributed by atoms with Gasteiger partial charge in [-0.25, -0.2) is 8.42 Å². The maximum absolute atomic E-state index is 12.9. The molecular weight excluding hydrogens is 358 g/mol. The Morgan fingerprint density at radius 2 is 1.88 bits per heavy atom. The molecule has 1 aliphatic heterocycles. The summed E-state index contributed by atoms with van der Waals surface area (Å²) in [7, 11) is -2.36. The van der Waals surface area contributed by atoms with E-state index in [1.807, 2.05) is 0 Å². The van der Waals surface area contributed by atoms with Crippen LogP contribution in [0.1, 0.15) is 10.4 Å². The highest BCUT2D eigenvalue weighted by Crippen LogP contribution is 2.30. The Hall–Kier alpha value is -2.49. The molecule has 1 saturated heterocycles. The van der Waals surface area contributed by atoms with Crippen LogP contribution in [0.2, 0.25) is 0 Å². The van der Waals surface area contributed by atoms with E-state index in [0.717, 1.165) is 0 Å². The molecular formula is C17H19N3O5S. The molecule has 1 aromatic carbocycles. The Labute approximate surface area is 151 Å². The number of hydrogen-bond donors (Lipinski definition) is 1. The number of amides is 1. The highest BCUT2D eigenvalue weighted by molar-refractivity contribution is 7.89. The van der Waals surface area contributed by atoms with E-state index in [1.165, 1.54) is 35.9 Å². The average Bonchev–Trinajstić information content (AvgIpc) is 2.69. The molecule has 0 spiro atoms. The van der Waals surface area contributed by atoms with Crippen LogP contribution in [0.5, 0.6) is 5.75 Å². The monoisotopic (exact) mass is 377 g/mol. The number of nitrogens with one attached hydrogen (secondary N) is 1. The molecule has 8 nitrogen and oxygen atoms in total. The predicted molar refractivity (Wildman–Crippen MR) is 94.8 cm³/mol. The maximum Gasteiger partial charge on any atom is 0.255 e. The molecule has 138 valence electrons. The molecule has 0 aliphatic carbocycles. The zero-order valence-corrected chi connectivity index (χ0v) is 15.0. The van der Waals surface area contributed by atoms with Gasteiger partial charge in [-0.05, 0) is 30.3 Å². The van der Waals surface area contributed by atoms with Crippen LogP contribution in [-0.4, -0.2) is 57.0 Å². The van der Waals surface area contributed by atoms with Crippen molar-refractivity contribution in [3.8, 4) is 5.75 Å². The van der Waals surface area contributed by atoms with Crippen molar-refractivity contribution >= 4 is 21.6 Å². The van der Waals surface area contributed by atoms with Crippen molar-refractivity contribution in [1.29, 1.82) is 0 Å². The number of rotatable bonds is 5. The molecule has 0 radical (unpaired) electrons. The van der Waals surface area contributed by atoms with Gasteiger partial charge in [-0.15, -0.1) is 0 Å². The predicted octanol–water partition coefficient (Wildman–Crippen LogP) is 1.36. The summed E-state index contributed by atoms with van der Waals surface area (Å²) in [5, 5.41) is 2.70. The number of carbonyl (C=O) groups excluding carboxylic acids is 1. The molecule has 2 aromatic rings. The molecule has 3 rings (SSSR count). The molecule has 0 bridgehead atoms. The lowest BCUT2D eigenvalue weighted by atomic mass is 10.2. The van der Waals surface area contributed by atoms with Gasteiger partial charge in [0.1, 0.15) is 10.6 Å². The van der Waals surface area contributed by atoms with E-state index >= 15 is 0 Å². The van der Waals surface area contributed by atoms with E-state index in [2.05, 4.69) is 10.3 Å². The molecule has 0 atom stereocenters. The first-order valence-electron chi connectivity index (χ1n) is 7.99. The van der Waals surface area contributed by atoms with E-state index < -0.39 is 10.0 Å². The van der Waals surface area contributed by atoms with Crippen LogP contribution in [0.4, 0.5) is 5.69 Å². The first-order valence-corrected chi connectivity index (χ1v) is 9.43. The molecule has 2 heterocycles. The van der Waals surface area contributed by atoms with Crippen LogP contribution in [0.15, 0.2) is 47.6 Å². The molecule has 1 fully saturated rings. The van der Waals surface area contributed by atoms with Gasteiger partial charge in [-0.2, -0.15) is 4.31 Å². The maximum atomic E-state index is 12.9. The van der Waals surface area contributed by atoms with Crippen molar-refractivity contribution in [1.82, 2.24) is 9.29 Å². The first-order chi connectivity index (χ1) is 12.5. The minimum absolute atomic E-state index is 0.00873. The largest absolute Gasteiger partial charge is 0.495 e. The van der Waals surface area contributed by atoms with E-state index in [-0.39, 0.29) is 29.6 Å². The van der Waals surface area contributed by atoms with Gasteiger partial charge in [0.2, 0.25) is 10.0 Å². The highest BCUT2D eigenvalue weighted by Gasteiger charge is 2.29. The molecule has 1 aromatic heterocycles. The van der Waals surface area contributed by atoms with Crippen LogP contribution >= 0.6 is 0 Å². The Bertz CT molecular complexity index is 881. The van der Waals surface area contributed by atoms with Crippen molar-refractivity contribution in [3.05, 3.63) is 48.3 Å².